The van der Waals surface area contributed by atoms with Gasteiger partial charge in [0.05, 0.1) is 22.7 Å². The Morgan fingerprint density at radius 1 is 0.545 bits per heavy atom. The first-order valence-electron chi connectivity index (χ1n) is 24.1. The Labute approximate surface area is 481 Å². The number of hydrogen-bond donors (Lipinski definition) is 2. The molecule has 8 heterocycles. The van der Waals surface area contributed by atoms with Crippen molar-refractivity contribution in [1.82, 2.24) is 19.9 Å². The van der Waals surface area contributed by atoms with Gasteiger partial charge in [-0.05, 0) is 132 Å². The Hall–Kier alpha value is -7.28. The number of thiophene rings is 2. The molecule has 0 spiro atoms. The minimum atomic E-state index is -0.125. The van der Waals surface area contributed by atoms with Gasteiger partial charge in [-0.3, -0.25) is 9.59 Å². The van der Waals surface area contributed by atoms with Crippen LogP contribution in [0.25, 0.3) is 108 Å². The van der Waals surface area contributed by atoms with Crippen LogP contribution in [-0.4, -0.2) is 41.7 Å². The van der Waals surface area contributed by atoms with Crippen LogP contribution < -0.4 is 0 Å². The van der Waals surface area contributed by atoms with Crippen molar-refractivity contribution in [3.8, 4) is 43.4 Å². The van der Waals surface area contributed by atoms with Crippen LogP contribution in [0.1, 0.15) is 55.8 Å². The maximum absolute atomic E-state index is 10.0. The normalized spacial score (nSPS) is 11.3. The number of allylic oxidation sites excluding steroid dienone is 4. The fourth-order valence-electron chi connectivity index (χ4n) is 8.72. The molecule has 8 aromatic heterocycles. The fraction of sp³-hybridized carbons (Fsp3) is 0.143. The first kappa shape index (κ1) is 57.4. The topological polar surface area (TPSA) is 152 Å². The van der Waals surface area contributed by atoms with E-state index in [1.165, 1.54) is 86.8 Å². The molecule has 2 N–H and O–H groups in total. The van der Waals surface area contributed by atoms with Gasteiger partial charge in [0.2, 0.25) is 11.4 Å². The van der Waals surface area contributed by atoms with Crippen molar-refractivity contribution in [3.05, 3.63) is 192 Å². The number of fused-ring (bicyclic) bond motifs is 8. The summed E-state index contributed by atoms with van der Waals surface area (Å²) >= 11 is 3.58. The molecule has 0 aliphatic heterocycles. The predicted octanol–water partition coefficient (Wildman–Crippen LogP) is 17.1. The molecular weight excluding hydrogens is 1360 g/mol. The SMILES string of the molecule is CC(=O)C=C(C)O.CC(=O)C=C(C)O.Cc1ccc(-c2cc3cnc(-c4[c-]ccc5c4oc4nc(C)ccc45)cc3s2)cc1.Cc1ccc2c(n1)oc1c(-c3cc4sc(-c5c(C)cccc5C)cc4cn3)[c-]ccc12.[Ir].[Ir]. The Balaban J connectivity index is 0.000000176. The van der Waals surface area contributed by atoms with Crippen LogP contribution >= 0.6 is 22.7 Å². The standard InChI is InChI=1S/C27H19N2OS.C26H17N2OS.2C5H8O2.2Ir/c1-15-6-4-7-16(2)25(15)24-12-18-14-28-22(13-23(18)31-24)21-9-5-8-19-20-11-10-17(3)29-27(20)30-26(19)21;1-15-6-9-17(10-7-15)23-12-18-14-27-22(13-24(18)30-23)21-5-3-4-19-20-11-8-16(2)28-26(20)29-25(19)21;2*1-4(6)3-5(2)7;;/h4-8,10-14H,1-3H3;3-4,6-14H,1-2H3;2*3,6H,1-2H3;;/q2*-1;;;;. The van der Waals surface area contributed by atoms with E-state index in [0.29, 0.717) is 11.4 Å². The molecule has 0 fully saturated rings. The van der Waals surface area contributed by atoms with E-state index in [0.717, 1.165) is 77.4 Å². The number of benzene rings is 4. The second kappa shape index (κ2) is 24.8. The van der Waals surface area contributed by atoms with E-state index >= 15 is 0 Å². The second-order valence-corrected chi connectivity index (χ2v) is 20.5. The molecule has 10 nitrogen and oxygen atoms in total. The van der Waals surface area contributed by atoms with Crippen LogP contribution in [0, 0.1) is 46.8 Å². The maximum Gasteiger partial charge on any atom is 0.216 e. The van der Waals surface area contributed by atoms with Gasteiger partial charge >= 0.3 is 0 Å². The van der Waals surface area contributed by atoms with Crippen molar-refractivity contribution in [1.29, 1.82) is 0 Å². The summed E-state index contributed by atoms with van der Waals surface area (Å²) in [5.41, 5.74) is 14.6. The van der Waals surface area contributed by atoms with Gasteiger partial charge in [-0.15, -0.1) is 59.1 Å². The number of carbonyl (C=O) groups is 2. The summed E-state index contributed by atoms with van der Waals surface area (Å²) in [4.78, 5) is 41.1. The van der Waals surface area contributed by atoms with Crippen molar-refractivity contribution in [3.63, 3.8) is 0 Å². The smallest absolute Gasteiger partial charge is 0.216 e. The summed E-state index contributed by atoms with van der Waals surface area (Å²) in [5, 5.41) is 23.1. The third-order valence-electron chi connectivity index (χ3n) is 12.1. The third-order valence-corrected chi connectivity index (χ3v) is 14.3. The van der Waals surface area contributed by atoms with Crippen LogP contribution in [0.5, 0.6) is 0 Å². The van der Waals surface area contributed by atoms with Gasteiger partial charge in [-0.25, -0.2) is 9.97 Å². The van der Waals surface area contributed by atoms with Crippen LogP contribution in [0.3, 0.4) is 0 Å². The van der Waals surface area contributed by atoms with E-state index in [4.69, 9.17) is 29.0 Å². The molecule has 0 bridgehead atoms. The average Bonchev–Trinajstić information content (AvgIpc) is 4.16. The van der Waals surface area contributed by atoms with Crippen LogP contribution in [0.2, 0.25) is 0 Å². The second-order valence-electron chi connectivity index (χ2n) is 18.4. The number of aryl methyl sites for hydroxylation is 5. The van der Waals surface area contributed by atoms with Crippen LogP contribution in [0.4, 0.5) is 0 Å². The molecule has 0 amide bonds. The van der Waals surface area contributed by atoms with Crippen molar-refractivity contribution in [2.75, 3.05) is 0 Å². The van der Waals surface area contributed by atoms with Crippen molar-refractivity contribution < 1.29 is 68.8 Å². The molecule has 392 valence electrons. The van der Waals surface area contributed by atoms with Crippen LogP contribution in [0.15, 0.2) is 160 Å². The molecule has 0 aliphatic rings. The molecule has 2 radical (unpaired) electrons. The number of furan rings is 2. The number of aliphatic hydroxyl groups is 2. The Morgan fingerprint density at radius 3 is 1.42 bits per heavy atom. The van der Waals surface area contributed by atoms with Crippen molar-refractivity contribution >= 4 is 98.6 Å². The number of nitrogens with zero attached hydrogens (tertiary/aromatic N) is 4. The van der Waals surface area contributed by atoms with E-state index < -0.39 is 0 Å². The quantitative estimate of drug-likeness (QED) is 0.0935. The fourth-order valence-corrected chi connectivity index (χ4v) is 11.0. The minimum Gasteiger partial charge on any atom is -0.512 e. The van der Waals surface area contributed by atoms with Crippen molar-refractivity contribution in [2.24, 2.45) is 0 Å². The molecule has 77 heavy (non-hydrogen) atoms. The Morgan fingerprint density at radius 2 is 0.987 bits per heavy atom. The molecule has 14 heteroatoms. The molecule has 4 aromatic carbocycles. The maximum atomic E-state index is 10.0. The van der Waals surface area contributed by atoms with Crippen LogP contribution in [-0.2, 0) is 49.8 Å². The number of aliphatic hydroxyl groups excluding tert-OH is 2. The minimum absolute atomic E-state index is 0. The number of aromatic nitrogens is 4. The van der Waals surface area contributed by atoms with E-state index in [1.54, 1.807) is 22.7 Å². The average molecular weight is 1410 g/mol. The number of hydrogen-bond acceptors (Lipinski definition) is 12. The van der Waals surface area contributed by atoms with E-state index in [9.17, 15) is 9.59 Å². The number of carbonyl (C=O) groups excluding carboxylic acids is 2. The van der Waals surface area contributed by atoms with Gasteiger partial charge in [-0.2, -0.15) is 0 Å². The zero-order chi connectivity index (χ0) is 53.1. The predicted molar refractivity (Wildman–Crippen MR) is 307 cm³/mol. The third kappa shape index (κ3) is 13.1. The molecular formula is C63H52Ir2N4O6S2-2. The summed E-state index contributed by atoms with van der Waals surface area (Å²) in [5.74, 6) is -0.125. The van der Waals surface area contributed by atoms with E-state index in [1.807, 2.05) is 62.6 Å². The summed E-state index contributed by atoms with van der Waals surface area (Å²) in [7, 11) is 0. The van der Waals surface area contributed by atoms with Crippen molar-refractivity contribution in [2.45, 2.75) is 62.3 Å². The van der Waals surface area contributed by atoms with E-state index in [-0.39, 0.29) is 63.3 Å². The first-order chi connectivity index (χ1) is 36.0. The summed E-state index contributed by atoms with van der Waals surface area (Å²) in [6, 6.07) is 46.6. The molecule has 0 saturated carbocycles. The first-order valence-corrected chi connectivity index (χ1v) is 25.7. The van der Waals surface area contributed by atoms with E-state index in [2.05, 4.69) is 122 Å². The number of pyridine rings is 4. The Bertz CT molecular complexity index is 4150. The summed E-state index contributed by atoms with van der Waals surface area (Å²) in [6.45, 7) is 16.1. The molecule has 0 aliphatic carbocycles. The zero-order valence-corrected chi connectivity index (χ0v) is 50.0. The molecule has 0 saturated heterocycles. The molecule has 0 unspecified atom stereocenters. The number of rotatable bonds is 6. The monoisotopic (exact) mass is 1410 g/mol. The summed E-state index contributed by atoms with van der Waals surface area (Å²) in [6.07, 6.45) is 6.23. The Kier molecular flexibility index (Phi) is 18.5. The molecule has 12 rings (SSSR count). The van der Waals surface area contributed by atoms with Gasteiger partial charge in [-0.1, -0.05) is 82.1 Å². The molecule has 12 aromatic rings. The van der Waals surface area contributed by atoms with Gasteiger partial charge in [0.15, 0.2) is 11.6 Å². The van der Waals surface area contributed by atoms with Gasteiger partial charge < -0.3 is 29.0 Å². The number of ketones is 2. The van der Waals surface area contributed by atoms with Gasteiger partial charge in [0, 0.05) is 117 Å². The van der Waals surface area contributed by atoms with Gasteiger partial charge in [0.25, 0.3) is 0 Å². The largest absolute Gasteiger partial charge is 0.512 e. The molecule has 0 atom stereocenters. The van der Waals surface area contributed by atoms with Gasteiger partial charge in [0.1, 0.15) is 0 Å². The zero-order valence-electron chi connectivity index (χ0n) is 43.6. The summed E-state index contributed by atoms with van der Waals surface area (Å²) < 4.78 is 14.7.